The Kier molecular flexibility index (Phi) is 6.19. The Balaban J connectivity index is 1.73. The second-order valence-electron chi connectivity index (χ2n) is 6.79. The lowest BCUT2D eigenvalue weighted by atomic mass is 9.98. The third-order valence-electron chi connectivity index (χ3n) is 4.93. The lowest BCUT2D eigenvalue weighted by Crippen LogP contribution is -2.36. The third-order valence-corrected chi connectivity index (χ3v) is 4.93. The molecule has 0 atom stereocenters. The second-order valence-corrected chi connectivity index (χ2v) is 6.79. The highest BCUT2D eigenvalue weighted by atomic mass is 16.5. The zero-order valence-corrected chi connectivity index (χ0v) is 16.6. The molecule has 1 aliphatic rings. The maximum Gasteiger partial charge on any atom is 0.254 e. The molecule has 2 aromatic carbocycles. The van der Waals surface area contributed by atoms with E-state index in [1.807, 2.05) is 24.0 Å². The van der Waals surface area contributed by atoms with Crippen LogP contribution in [0.3, 0.4) is 0 Å². The van der Waals surface area contributed by atoms with Crippen LogP contribution in [0.4, 0.5) is 0 Å². The van der Waals surface area contributed by atoms with Crippen LogP contribution in [0.15, 0.2) is 36.4 Å². The van der Waals surface area contributed by atoms with Crippen LogP contribution in [0.1, 0.15) is 45.2 Å². The highest BCUT2D eigenvalue weighted by molar-refractivity contribution is 5.97. The Labute approximate surface area is 165 Å². The fourth-order valence-corrected chi connectivity index (χ4v) is 3.34. The monoisotopic (exact) mass is 382 g/mol. The highest BCUT2D eigenvalue weighted by Gasteiger charge is 2.24. The van der Waals surface area contributed by atoms with Crippen molar-refractivity contribution in [2.75, 3.05) is 27.3 Å². The molecule has 0 aromatic heterocycles. The van der Waals surface area contributed by atoms with Crippen molar-refractivity contribution in [3.05, 3.63) is 58.7 Å². The van der Waals surface area contributed by atoms with Crippen molar-refractivity contribution >= 4 is 11.8 Å². The number of hydrogen-bond donors (Lipinski definition) is 1. The van der Waals surface area contributed by atoms with Crippen molar-refractivity contribution in [3.8, 4) is 11.5 Å². The number of methoxy groups -OCH3 is 2. The highest BCUT2D eigenvalue weighted by Crippen LogP contribution is 2.33. The van der Waals surface area contributed by atoms with Crippen LogP contribution in [0.25, 0.3) is 0 Å². The first kappa shape index (κ1) is 19.7. The van der Waals surface area contributed by atoms with Gasteiger partial charge in [-0.25, -0.2) is 0 Å². The predicted molar refractivity (Wildman–Crippen MR) is 107 cm³/mol. The van der Waals surface area contributed by atoms with Crippen molar-refractivity contribution in [2.24, 2.45) is 0 Å². The normalized spacial score (nSPS) is 12.9. The van der Waals surface area contributed by atoms with Gasteiger partial charge in [-0.2, -0.15) is 0 Å². The molecule has 0 fully saturated rings. The Morgan fingerprint density at radius 1 is 1.00 bits per heavy atom. The van der Waals surface area contributed by atoms with Crippen LogP contribution < -0.4 is 14.8 Å². The molecule has 148 valence electrons. The molecule has 0 saturated carbocycles. The lowest BCUT2D eigenvalue weighted by molar-refractivity contribution is 0.0734. The third kappa shape index (κ3) is 4.11. The first-order valence-electron chi connectivity index (χ1n) is 9.48. The van der Waals surface area contributed by atoms with E-state index in [4.69, 9.17) is 9.47 Å². The second kappa shape index (κ2) is 8.78. The average molecular weight is 382 g/mol. The zero-order valence-electron chi connectivity index (χ0n) is 16.6. The van der Waals surface area contributed by atoms with Gasteiger partial charge >= 0.3 is 0 Å². The maximum atomic E-state index is 12.9. The number of fused-ring (bicyclic) bond motifs is 1. The minimum Gasteiger partial charge on any atom is -0.493 e. The molecule has 2 aromatic rings. The number of nitrogens with one attached hydrogen (secondary N) is 1. The van der Waals surface area contributed by atoms with E-state index < -0.39 is 0 Å². The van der Waals surface area contributed by atoms with E-state index in [9.17, 15) is 9.59 Å². The summed E-state index contributed by atoms with van der Waals surface area (Å²) >= 11 is 0. The lowest BCUT2D eigenvalue weighted by Gasteiger charge is -2.29. The standard InChI is InChI=1S/C22H26N2O4/c1-4-10-23-21(25)15-5-7-16(8-6-15)22(26)24-11-9-17-12-19(27-2)20(28-3)13-18(17)14-24/h5-8,12-13H,4,9-11,14H2,1-3H3,(H,23,25). The number of ether oxygens (including phenoxy) is 2. The molecular weight excluding hydrogens is 356 g/mol. The molecular formula is C22H26N2O4. The minimum absolute atomic E-state index is 0.0408. The number of benzene rings is 2. The summed E-state index contributed by atoms with van der Waals surface area (Å²) in [5.41, 5.74) is 3.37. The molecule has 0 spiro atoms. The van der Waals surface area contributed by atoms with Gasteiger partial charge in [0.05, 0.1) is 14.2 Å². The van der Waals surface area contributed by atoms with E-state index in [2.05, 4.69) is 5.32 Å². The van der Waals surface area contributed by atoms with Gasteiger partial charge in [0.2, 0.25) is 0 Å². The Bertz CT molecular complexity index is 862. The van der Waals surface area contributed by atoms with Crippen LogP contribution in [-0.2, 0) is 13.0 Å². The first-order valence-corrected chi connectivity index (χ1v) is 9.48. The molecule has 3 rings (SSSR count). The van der Waals surface area contributed by atoms with Gasteiger partial charge in [-0.15, -0.1) is 0 Å². The van der Waals surface area contributed by atoms with Gasteiger partial charge in [-0.3, -0.25) is 9.59 Å². The van der Waals surface area contributed by atoms with E-state index in [0.29, 0.717) is 42.3 Å². The minimum atomic E-state index is -0.117. The summed E-state index contributed by atoms with van der Waals surface area (Å²) in [7, 11) is 3.23. The van der Waals surface area contributed by atoms with Crippen molar-refractivity contribution in [1.82, 2.24) is 10.2 Å². The van der Waals surface area contributed by atoms with E-state index in [-0.39, 0.29) is 11.8 Å². The topological polar surface area (TPSA) is 67.9 Å². The molecule has 0 unspecified atom stereocenters. The van der Waals surface area contributed by atoms with Gasteiger partial charge in [0.15, 0.2) is 11.5 Å². The average Bonchev–Trinajstić information content (AvgIpc) is 2.75. The fraction of sp³-hybridized carbons (Fsp3) is 0.364. The number of carbonyl (C=O) groups excluding carboxylic acids is 2. The molecule has 1 heterocycles. The van der Waals surface area contributed by atoms with Gasteiger partial charge < -0.3 is 19.7 Å². The van der Waals surface area contributed by atoms with E-state index in [0.717, 1.165) is 18.4 Å². The summed E-state index contributed by atoms with van der Waals surface area (Å²) in [5.74, 6) is 1.21. The first-order chi connectivity index (χ1) is 13.6. The van der Waals surface area contributed by atoms with Crippen molar-refractivity contribution in [2.45, 2.75) is 26.3 Å². The number of hydrogen-bond acceptors (Lipinski definition) is 4. The quantitative estimate of drug-likeness (QED) is 0.834. The summed E-state index contributed by atoms with van der Waals surface area (Å²) in [6.07, 6.45) is 1.65. The molecule has 0 radical (unpaired) electrons. The molecule has 1 N–H and O–H groups in total. The van der Waals surface area contributed by atoms with Crippen LogP contribution in [-0.4, -0.2) is 44.0 Å². The maximum absolute atomic E-state index is 12.9. The molecule has 6 nitrogen and oxygen atoms in total. The zero-order chi connectivity index (χ0) is 20.1. The molecule has 2 amide bonds. The summed E-state index contributed by atoms with van der Waals surface area (Å²) in [6, 6.07) is 10.8. The predicted octanol–water partition coefficient (Wildman–Crippen LogP) is 3.04. The van der Waals surface area contributed by atoms with Crippen molar-refractivity contribution in [3.63, 3.8) is 0 Å². The number of amides is 2. The fourth-order valence-electron chi connectivity index (χ4n) is 3.34. The van der Waals surface area contributed by atoms with Gasteiger partial charge in [-0.05, 0) is 60.4 Å². The molecule has 0 bridgehead atoms. The summed E-state index contributed by atoms with van der Waals surface area (Å²) < 4.78 is 10.7. The number of nitrogens with zero attached hydrogens (tertiary/aromatic N) is 1. The van der Waals surface area contributed by atoms with Gasteiger partial charge in [0, 0.05) is 30.8 Å². The number of rotatable bonds is 6. The Morgan fingerprint density at radius 3 is 2.21 bits per heavy atom. The van der Waals surface area contributed by atoms with E-state index in [1.54, 1.807) is 38.5 Å². The largest absolute Gasteiger partial charge is 0.493 e. The smallest absolute Gasteiger partial charge is 0.254 e. The van der Waals surface area contributed by atoms with Crippen LogP contribution in [0.5, 0.6) is 11.5 Å². The van der Waals surface area contributed by atoms with Gasteiger partial charge in [0.25, 0.3) is 11.8 Å². The summed E-state index contributed by atoms with van der Waals surface area (Å²) in [5, 5.41) is 2.84. The van der Waals surface area contributed by atoms with Crippen LogP contribution in [0, 0.1) is 0 Å². The molecule has 28 heavy (non-hydrogen) atoms. The van der Waals surface area contributed by atoms with Gasteiger partial charge in [0.1, 0.15) is 0 Å². The van der Waals surface area contributed by atoms with Crippen LogP contribution >= 0.6 is 0 Å². The molecule has 0 aliphatic carbocycles. The van der Waals surface area contributed by atoms with Gasteiger partial charge in [-0.1, -0.05) is 6.92 Å². The van der Waals surface area contributed by atoms with E-state index in [1.165, 1.54) is 5.56 Å². The van der Waals surface area contributed by atoms with Crippen LogP contribution in [0.2, 0.25) is 0 Å². The molecule has 1 aliphatic heterocycles. The molecule has 6 heteroatoms. The Morgan fingerprint density at radius 2 is 1.61 bits per heavy atom. The van der Waals surface area contributed by atoms with E-state index >= 15 is 0 Å². The van der Waals surface area contributed by atoms with Crippen molar-refractivity contribution in [1.29, 1.82) is 0 Å². The summed E-state index contributed by atoms with van der Waals surface area (Å²) in [6.45, 7) is 3.80. The van der Waals surface area contributed by atoms with Crippen molar-refractivity contribution < 1.29 is 19.1 Å². The molecule has 0 saturated heterocycles. The summed E-state index contributed by atoms with van der Waals surface area (Å²) in [4.78, 5) is 26.7. The Hall–Kier alpha value is -3.02. The SMILES string of the molecule is CCCNC(=O)c1ccc(C(=O)N2CCc3cc(OC)c(OC)cc3C2)cc1. The number of carbonyl (C=O) groups is 2.